The highest BCUT2D eigenvalue weighted by Gasteiger charge is 2.30. The maximum atomic E-state index is 12.5. The number of rotatable bonds is 6. The summed E-state index contributed by atoms with van der Waals surface area (Å²) < 4.78 is 42.9. The molecule has 1 rings (SSSR count). The summed E-state index contributed by atoms with van der Waals surface area (Å²) >= 11 is 3.16. The molecule has 114 valence electrons. The van der Waals surface area contributed by atoms with Crippen molar-refractivity contribution in [3.63, 3.8) is 0 Å². The van der Waals surface area contributed by atoms with Gasteiger partial charge in [-0.25, -0.2) is 0 Å². The van der Waals surface area contributed by atoms with Gasteiger partial charge in [0.1, 0.15) is 0 Å². The quantitative estimate of drug-likeness (QED) is 0.838. The van der Waals surface area contributed by atoms with Crippen LogP contribution in [0.4, 0.5) is 13.2 Å². The lowest BCUT2D eigenvalue weighted by Gasteiger charge is -2.23. The van der Waals surface area contributed by atoms with Crippen molar-refractivity contribution < 1.29 is 23.0 Å². The van der Waals surface area contributed by atoms with E-state index in [9.17, 15) is 18.3 Å². The number of phenols is 1. The fourth-order valence-electron chi connectivity index (χ4n) is 1.92. The smallest absolute Gasteiger partial charge is 0.401 e. The van der Waals surface area contributed by atoms with E-state index in [1.165, 1.54) is 12.0 Å². The molecular weight excluding hydrogens is 339 g/mol. The van der Waals surface area contributed by atoms with E-state index < -0.39 is 12.7 Å². The SMILES string of the molecule is CCCN(Cc1cc(Br)c(O)c(OC)c1)CC(F)(F)F. The number of hydrogen-bond acceptors (Lipinski definition) is 3. The van der Waals surface area contributed by atoms with E-state index in [1.54, 1.807) is 12.1 Å². The molecule has 0 amide bonds. The Morgan fingerprint density at radius 1 is 1.35 bits per heavy atom. The Labute approximate surface area is 124 Å². The van der Waals surface area contributed by atoms with Crippen LogP contribution >= 0.6 is 15.9 Å². The molecular formula is C13H17BrF3NO2. The summed E-state index contributed by atoms with van der Waals surface area (Å²) in [7, 11) is 1.39. The fraction of sp³-hybridized carbons (Fsp3) is 0.538. The second-order valence-electron chi connectivity index (χ2n) is 4.45. The first-order valence-electron chi connectivity index (χ1n) is 6.11. The van der Waals surface area contributed by atoms with Crippen LogP contribution in [0.15, 0.2) is 16.6 Å². The number of phenolic OH excluding ortho intramolecular Hbond substituents is 1. The van der Waals surface area contributed by atoms with Gasteiger partial charge in [0.25, 0.3) is 0 Å². The summed E-state index contributed by atoms with van der Waals surface area (Å²) in [6.07, 6.45) is -3.60. The molecule has 0 aliphatic rings. The summed E-state index contributed by atoms with van der Waals surface area (Å²) in [6, 6.07) is 3.13. The molecule has 0 fully saturated rings. The van der Waals surface area contributed by atoms with E-state index in [1.807, 2.05) is 6.92 Å². The summed E-state index contributed by atoms with van der Waals surface area (Å²) in [5.74, 6) is 0.173. The van der Waals surface area contributed by atoms with Crippen LogP contribution in [-0.4, -0.2) is 36.4 Å². The standard InChI is InChI=1S/C13H17BrF3NO2/c1-3-4-18(8-13(15,16)17)7-9-5-10(14)12(19)11(6-9)20-2/h5-6,19H,3-4,7-8H2,1-2H3. The Bertz CT molecular complexity index is 452. The maximum absolute atomic E-state index is 12.5. The number of hydrogen-bond donors (Lipinski definition) is 1. The Balaban J connectivity index is 2.90. The van der Waals surface area contributed by atoms with Gasteiger partial charge in [-0.1, -0.05) is 6.92 Å². The van der Waals surface area contributed by atoms with Crippen molar-refractivity contribution in [2.45, 2.75) is 26.1 Å². The molecule has 1 aromatic rings. The molecule has 0 saturated heterocycles. The minimum absolute atomic E-state index is 0.0610. The molecule has 1 N–H and O–H groups in total. The molecule has 0 radical (unpaired) electrons. The molecule has 7 heteroatoms. The fourth-order valence-corrected chi connectivity index (χ4v) is 2.41. The average Bonchev–Trinajstić information content (AvgIpc) is 2.31. The van der Waals surface area contributed by atoms with E-state index in [-0.39, 0.29) is 18.0 Å². The lowest BCUT2D eigenvalue weighted by molar-refractivity contribution is -0.147. The Morgan fingerprint density at radius 3 is 2.50 bits per heavy atom. The number of alkyl halides is 3. The molecule has 3 nitrogen and oxygen atoms in total. The molecule has 0 aliphatic heterocycles. The van der Waals surface area contributed by atoms with E-state index >= 15 is 0 Å². The van der Waals surface area contributed by atoms with Crippen molar-refractivity contribution in [1.29, 1.82) is 0 Å². The minimum Gasteiger partial charge on any atom is -0.503 e. The Kier molecular flexibility index (Phi) is 6.13. The highest BCUT2D eigenvalue weighted by atomic mass is 79.9. The second kappa shape index (κ2) is 7.17. The van der Waals surface area contributed by atoms with Crippen molar-refractivity contribution in [2.24, 2.45) is 0 Å². The van der Waals surface area contributed by atoms with E-state index in [4.69, 9.17) is 4.74 Å². The minimum atomic E-state index is -4.23. The van der Waals surface area contributed by atoms with Crippen molar-refractivity contribution in [2.75, 3.05) is 20.2 Å². The molecule has 0 heterocycles. The van der Waals surface area contributed by atoms with Gasteiger partial charge in [-0.05, 0) is 46.6 Å². The van der Waals surface area contributed by atoms with Crippen LogP contribution in [0, 0.1) is 0 Å². The van der Waals surface area contributed by atoms with E-state index in [0.717, 1.165) is 0 Å². The molecule has 0 saturated carbocycles. The zero-order chi connectivity index (χ0) is 15.3. The second-order valence-corrected chi connectivity index (χ2v) is 5.31. The van der Waals surface area contributed by atoms with Gasteiger partial charge < -0.3 is 9.84 Å². The van der Waals surface area contributed by atoms with Crippen molar-refractivity contribution >= 4 is 15.9 Å². The van der Waals surface area contributed by atoms with Crippen LogP contribution in [0.25, 0.3) is 0 Å². The molecule has 0 bridgehead atoms. The van der Waals surface area contributed by atoms with Crippen LogP contribution < -0.4 is 4.74 Å². The molecule has 0 unspecified atom stereocenters. The van der Waals surface area contributed by atoms with Gasteiger partial charge in [0.2, 0.25) is 0 Å². The van der Waals surface area contributed by atoms with Crippen molar-refractivity contribution in [3.8, 4) is 11.5 Å². The maximum Gasteiger partial charge on any atom is 0.401 e. The van der Waals surface area contributed by atoms with Crippen LogP contribution in [0.1, 0.15) is 18.9 Å². The molecule has 20 heavy (non-hydrogen) atoms. The number of benzene rings is 1. The van der Waals surface area contributed by atoms with Crippen LogP contribution in [0.3, 0.4) is 0 Å². The molecule has 1 aromatic carbocycles. The van der Waals surface area contributed by atoms with Gasteiger partial charge >= 0.3 is 6.18 Å². The van der Waals surface area contributed by atoms with Gasteiger partial charge in [-0.3, -0.25) is 4.90 Å². The Morgan fingerprint density at radius 2 is 2.00 bits per heavy atom. The van der Waals surface area contributed by atoms with Crippen LogP contribution in [-0.2, 0) is 6.54 Å². The predicted octanol–water partition coefficient (Wildman–Crippen LogP) is 3.94. The first kappa shape index (κ1) is 17.1. The summed E-state index contributed by atoms with van der Waals surface area (Å²) in [4.78, 5) is 1.32. The summed E-state index contributed by atoms with van der Waals surface area (Å²) in [5, 5.41) is 9.68. The topological polar surface area (TPSA) is 32.7 Å². The number of methoxy groups -OCH3 is 1. The third-order valence-corrected chi connectivity index (χ3v) is 3.26. The molecule has 0 aromatic heterocycles. The van der Waals surface area contributed by atoms with Crippen LogP contribution in [0.5, 0.6) is 11.5 Å². The van der Waals surface area contributed by atoms with Gasteiger partial charge in [-0.2, -0.15) is 13.2 Å². The zero-order valence-electron chi connectivity index (χ0n) is 11.3. The van der Waals surface area contributed by atoms with Gasteiger partial charge in [-0.15, -0.1) is 0 Å². The number of halogens is 4. The zero-order valence-corrected chi connectivity index (χ0v) is 12.9. The number of aromatic hydroxyl groups is 1. The van der Waals surface area contributed by atoms with E-state index in [0.29, 0.717) is 23.0 Å². The lowest BCUT2D eigenvalue weighted by Crippen LogP contribution is -2.34. The normalized spacial score (nSPS) is 11.9. The highest BCUT2D eigenvalue weighted by Crippen LogP contribution is 2.35. The van der Waals surface area contributed by atoms with Crippen LogP contribution in [0.2, 0.25) is 0 Å². The van der Waals surface area contributed by atoms with Gasteiger partial charge in [0.05, 0.1) is 18.1 Å². The third-order valence-electron chi connectivity index (χ3n) is 2.66. The highest BCUT2D eigenvalue weighted by molar-refractivity contribution is 9.10. The third kappa shape index (κ3) is 5.20. The van der Waals surface area contributed by atoms with E-state index in [2.05, 4.69) is 15.9 Å². The summed E-state index contributed by atoms with van der Waals surface area (Å²) in [6.45, 7) is 1.36. The van der Waals surface area contributed by atoms with Crippen molar-refractivity contribution in [3.05, 3.63) is 22.2 Å². The average molecular weight is 356 g/mol. The number of ether oxygens (including phenoxy) is 1. The van der Waals surface area contributed by atoms with Gasteiger partial charge in [0, 0.05) is 6.54 Å². The molecule has 0 spiro atoms. The largest absolute Gasteiger partial charge is 0.503 e. The first-order chi connectivity index (χ1) is 9.26. The Hall–Kier alpha value is -0.950. The first-order valence-corrected chi connectivity index (χ1v) is 6.90. The predicted molar refractivity (Wildman–Crippen MR) is 74.0 cm³/mol. The monoisotopic (exact) mass is 355 g/mol. The van der Waals surface area contributed by atoms with Gasteiger partial charge in [0.15, 0.2) is 11.5 Å². The number of nitrogens with zero attached hydrogens (tertiary/aromatic N) is 1. The summed E-state index contributed by atoms with van der Waals surface area (Å²) in [5.41, 5.74) is 0.643. The molecule has 0 atom stereocenters. The molecule has 0 aliphatic carbocycles. The van der Waals surface area contributed by atoms with Crippen molar-refractivity contribution in [1.82, 2.24) is 4.90 Å². The lowest BCUT2D eigenvalue weighted by atomic mass is 10.2.